The first kappa shape index (κ1) is 21.6. The number of alkyl halides is 3. The van der Waals surface area contributed by atoms with Crippen molar-refractivity contribution in [1.29, 1.82) is 0 Å². The van der Waals surface area contributed by atoms with Crippen LogP contribution in [0.1, 0.15) is 5.56 Å². The topological polar surface area (TPSA) is 70.3 Å². The number of nitrogens with zero attached hydrogens (tertiary/aromatic N) is 6. The van der Waals surface area contributed by atoms with Gasteiger partial charge in [0.05, 0.1) is 11.8 Å². The first-order valence-corrected chi connectivity index (χ1v) is 10.3. The minimum absolute atomic E-state index is 0.0343. The fourth-order valence-corrected chi connectivity index (χ4v) is 3.97. The number of hydrogen-bond acceptors (Lipinski definition) is 7. The summed E-state index contributed by atoms with van der Waals surface area (Å²) in [6, 6.07) is 0.281. The molecule has 1 N–H and O–H groups in total. The Bertz CT molecular complexity index is 1140. The predicted octanol–water partition coefficient (Wildman–Crippen LogP) is 3.43. The number of phenols is 1. The summed E-state index contributed by atoms with van der Waals surface area (Å²) < 4.78 is 71.2. The second-order valence-electron chi connectivity index (χ2n) is 6.92. The lowest BCUT2D eigenvalue weighted by atomic mass is 10.0. The molecule has 0 aliphatic carbocycles. The lowest BCUT2D eigenvalue weighted by molar-refractivity contribution is -0.140. The SMILES string of the molecule is CSN1CCN(c2cnc3c(-c4cc(C(F)(F)F)c(F)c(O)c4F)nn(C)c3n2)CC1. The van der Waals surface area contributed by atoms with Crippen LogP contribution in [0.3, 0.4) is 0 Å². The van der Waals surface area contributed by atoms with Crippen LogP contribution in [0.25, 0.3) is 22.4 Å². The van der Waals surface area contributed by atoms with Gasteiger partial charge in [0, 0.05) is 38.8 Å². The van der Waals surface area contributed by atoms with E-state index >= 15 is 0 Å². The minimum Gasteiger partial charge on any atom is -0.503 e. The molecule has 7 nitrogen and oxygen atoms in total. The van der Waals surface area contributed by atoms with Gasteiger partial charge in [-0.05, 0) is 12.3 Å². The Kier molecular flexibility index (Phi) is 5.41. The molecule has 166 valence electrons. The number of hydrogen-bond donors (Lipinski definition) is 1. The fourth-order valence-electron chi connectivity index (χ4n) is 3.44. The van der Waals surface area contributed by atoms with E-state index in [2.05, 4.69) is 19.4 Å². The van der Waals surface area contributed by atoms with Crippen molar-refractivity contribution in [2.45, 2.75) is 6.18 Å². The third-order valence-electron chi connectivity index (χ3n) is 5.08. The van der Waals surface area contributed by atoms with Crippen molar-refractivity contribution < 1.29 is 27.1 Å². The quantitative estimate of drug-likeness (QED) is 0.474. The van der Waals surface area contributed by atoms with Crippen LogP contribution in [-0.2, 0) is 13.2 Å². The van der Waals surface area contributed by atoms with E-state index in [1.807, 2.05) is 11.2 Å². The summed E-state index contributed by atoms with van der Waals surface area (Å²) in [5.41, 5.74) is -2.53. The van der Waals surface area contributed by atoms with Crippen molar-refractivity contribution in [2.24, 2.45) is 7.05 Å². The van der Waals surface area contributed by atoms with E-state index in [1.54, 1.807) is 11.9 Å². The Labute approximate surface area is 177 Å². The minimum atomic E-state index is -5.13. The Balaban J connectivity index is 1.79. The van der Waals surface area contributed by atoms with Crippen LogP contribution in [0.2, 0.25) is 0 Å². The maximum absolute atomic E-state index is 14.5. The first-order valence-electron chi connectivity index (χ1n) is 9.14. The van der Waals surface area contributed by atoms with Gasteiger partial charge in [-0.1, -0.05) is 11.9 Å². The van der Waals surface area contributed by atoms with E-state index in [-0.39, 0.29) is 22.9 Å². The zero-order valence-corrected chi connectivity index (χ0v) is 17.2. The maximum atomic E-state index is 14.5. The molecule has 13 heteroatoms. The number of phenolic OH excluding ortho intramolecular Hbond substituents is 1. The van der Waals surface area contributed by atoms with Crippen molar-refractivity contribution in [2.75, 3.05) is 37.3 Å². The summed E-state index contributed by atoms with van der Waals surface area (Å²) in [5.74, 6) is -4.79. The molecule has 1 saturated heterocycles. The lowest BCUT2D eigenvalue weighted by Gasteiger charge is -2.33. The van der Waals surface area contributed by atoms with Gasteiger partial charge < -0.3 is 10.0 Å². The number of benzene rings is 1. The molecule has 0 radical (unpaired) electrons. The maximum Gasteiger partial charge on any atom is 0.419 e. The van der Waals surface area contributed by atoms with E-state index in [4.69, 9.17) is 0 Å². The summed E-state index contributed by atoms with van der Waals surface area (Å²) in [5, 5.41) is 13.6. The van der Waals surface area contributed by atoms with Gasteiger partial charge in [0.25, 0.3) is 0 Å². The van der Waals surface area contributed by atoms with Crippen LogP contribution >= 0.6 is 11.9 Å². The highest BCUT2D eigenvalue weighted by Crippen LogP contribution is 2.41. The average molecular weight is 460 g/mol. The molecule has 3 aromatic rings. The third-order valence-corrected chi connectivity index (χ3v) is 5.96. The summed E-state index contributed by atoms with van der Waals surface area (Å²) in [4.78, 5) is 10.8. The van der Waals surface area contributed by atoms with Gasteiger partial charge in [0.1, 0.15) is 17.0 Å². The van der Waals surface area contributed by atoms with Gasteiger partial charge in [0.15, 0.2) is 23.0 Å². The number of piperazine rings is 1. The number of fused-ring (bicyclic) bond motifs is 1. The number of anilines is 1. The van der Waals surface area contributed by atoms with Crippen molar-refractivity contribution in [1.82, 2.24) is 24.1 Å². The Morgan fingerprint density at radius 2 is 1.77 bits per heavy atom. The zero-order valence-electron chi connectivity index (χ0n) is 16.4. The smallest absolute Gasteiger partial charge is 0.419 e. The first-order chi connectivity index (χ1) is 14.6. The highest BCUT2D eigenvalue weighted by Gasteiger charge is 2.38. The largest absolute Gasteiger partial charge is 0.503 e. The van der Waals surface area contributed by atoms with Crippen LogP contribution in [-0.4, -0.2) is 61.6 Å². The zero-order chi connectivity index (χ0) is 22.5. The normalized spacial score (nSPS) is 15.8. The molecule has 0 atom stereocenters. The molecule has 4 rings (SSSR count). The van der Waals surface area contributed by atoms with Crippen LogP contribution in [0.4, 0.5) is 27.8 Å². The number of aryl methyl sites for hydroxylation is 1. The molecule has 0 amide bonds. The third kappa shape index (κ3) is 3.76. The number of aromatic hydroxyl groups is 1. The highest BCUT2D eigenvalue weighted by atomic mass is 32.2. The Morgan fingerprint density at radius 1 is 1.10 bits per heavy atom. The van der Waals surface area contributed by atoms with Crippen LogP contribution in [0.5, 0.6) is 5.75 Å². The molecule has 0 spiro atoms. The van der Waals surface area contributed by atoms with E-state index in [9.17, 15) is 27.1 Å². The summed E-state index contributed by atoms with van der Waals surface area (Å²) in [6.45, 7) is 3.05. The van der Waals surface area contributed by atoms with E-state index in [0.717, 1.165) is 13.1 Å². The number of halogens is 5. The molecule has 0 saturated carbocycles. The molecule has 31 heavy (non-hydrogen) atoms. The van der Waals surface area contributed by atoms with Gasteiger partial charge in [-0.2, -0.15) is 18.3 Å². The van der Waals surface area contributed by atoms with Crippen LogP contribution < -0.4 is 4.90 Å². The molecular formula is C18H17F5N6OS. The van der Waals surface area contributed by atoms with Crippen LogP contribution in [0, 0.1) is 11.6 Å². The standard InChI is InChI=1S/C18H17F5N6OS/c1-27-17-15(24-8-11(25-17)28-3-5-29(31-2)6-4-28)14(26-27)9-7-10(18(21,22)23)13(20)16(30)12(9)19/h7-8,30H,3-6H2,1-2H3. The second kappa shape index (κ2) is 7.79. The van der Waals surface area contributed by atoms with Crippen molar-refractivity contribution in [3.8, 4) is 17.0 Å². The molecule has 3 heterocycles. The molecule has 2 aromatic heterocycles. The number of aromatic nitrogens is 4. The van der Waals surface area contributed by atoms with Crippen molar-refractivity contribution in [3.05, 3.63) is 29.5 Å². The summed E-state index contributed by atoms with van der Waals surface area (Å²) in [6.07, 6.45) is -1.70. The molecule has 1 aliphatic rings. The van der Waals surface area contributed by atoms with E-state index < -0.39 is 34.7 Å². The fraction of sp³-hybridized carbons (Fsp3) is 0.389. The van der Waals surface area contributed by atoms with Crippen molar-refractivity contribution >= 4 is 28.9 Å². The lowest BCUT2D eigenvalue weighted by Crippen LogP contribution is -2.43. The molecule has 0 unspecified atom stereocenters. The van der Waals surface area contributed by atoms with Gasteiger partial charge in [-0.15, -0.1) is 0 Å². The van der Waals surface area contributed by atoms with Gasteiger partial charge in [-0.3, -0.25) is 0 Å². The summed E-state index contributed by atoms with van der Waals surface area (Å²) in [7, 11) is 1.49. The second-order valence-corrected chi connectivity index (χ2v) is 7.80. The highest BCUT2D eigenvalue weighted by molar-refractivity contribution is 7.96. The average Bonchev–Trinajstić information content (AvgIpc) is 3.07. The van der Waals surface area contributed by atoms with Gasteiger partial charge in [0.2, 0.25) is 0 Å². The monoisotopic (exact) mass is 460 g/mol. The van der Waals surface area contributed by atoms with Gasteiger partial charge >= 0.3 is 6.18 Å². The molecule has 0 bridgehead atoms. The predicted molar refractivity (Wildman–Crippen MR) is 106 cm³/mol. The Morgan fingerprint density at radius 3 is 2.39 bits per heavy atom. The summed E-state index contributed by atoms with van der Waals surface area (Å²) >= 11 is 1.65. The Hall–Kier alpha value is -2.67. The molecule has 1 aliphatic heterocycles. The van der Waals surface area contributed by atoms with E-state index in [0.29, 0.717) is 18.9 Å². The molecule has 1 aromatic carbocycles. The molecular weight excluding hydrogens is 443 g/mol. The number of rotatable bonds is 3. The molecule has 1 fully saturated rings. The van der Waals surface area contributed by atoms with Crippen molar-refractivity contribution in [3.63, 3.8) is 0 Å². The van der Waals surface area contributed by atoms with Gasteiger partial charge in [-0.25, -0.2) is 27.7 Å². The van der Waals surface area contributed by atoms with E-state index in [1.165, 1.54) is 17.9 Å². The van der Waals surface area contributed by atoms with Crippen LogP contribution in [0.15, 0.2) is 12.3 Å².